The second-order valence-corrected chi connectivity index (χ2v) is 7.99. The Balaban J connectivity index is 1.25. The molecule has 3 heterocycles. The van der Waals surface area contributed by atoms with E-state index in [1.807, 2.05) is 24.3 Å². The SMILES string of the molecule is O=C(c1ccc2nsnc2c1)N1CCC(N2CC(=O)N(c3ccccc3)C2=O)CC1. The second-order valence-electron chi connectivity index (χ2n) is 7.47. The largest absolute Gasteiger partial charge is 0.338 e. The van der Waals surface area contributed by atoms with Gasteiger partial charge in [-0.2, -0.15) is 8.75 Å². The van der Waals surface area contributed by atoms with Gasteiger partial charge in [-0.1, -0.05) is 18.2 Å². The van der Waals surface area contributed by atoms with Crippen molar-refractivity contribution in [2.45, 2.75) is 18.9 Å². The maximum Gasteiger partial charge on any atom is 0.332 e. The number of aromatic nitrogens is 2. The maximum atomic E-state index is 12.9. The van der Waals surface area contributed by atoms with Crippen molar-refractivity contribution < 1.29 is 14.4 Å². The molecule has 2 aromatic carbocycles. The lowest BCUT2D eigenvalue weighted by molar-refractivity contribution is -0.116. The third-order valence-corrected chi connectivity index (χ3v) is 6.26. The summed E-state index contributed by atoms with van der Waals surface area (Å²) < 4.78 is 8.36. The molecule has 2 saturated heterocycles. The van der Waals surface area contributed by atoms with Crippen LogP contribution in [0.4, 0.5) is 10.5 Å². The van der Waals surface area contributed by atoms with Crippen LogP contribution >= 0.6 is 11.7 Å². The summed E-state index contributed by atoms with van der Waals surface area (Å²) in [7, 11) is 0. The summed E-state index contributed by atoms with van der Waals surface area (Å²) in [6, 6.07) is 14.0. The van der Waals surface area contributed by atoms with E-state index in [2.05, 4.69) is 8.75 Å². The van der Waals surface area contributed by atoms with Crippen LogP contribution in [0.5, 0.6) is 0 Å². The molecular formula is C21H19N5O3S. The normalized spacial score (nSPS) is 17.9. The predicted octanol–water partition coefficient (Wildman–Crippen LogP) is 2.76. The van der Waals surface area contributed by atoms with Crippen molar-refractivity contribution >= 4 is 46.3 Å². The first-order valence-electron chi connectivity index (χ1n) is 9.82. The number of carbonyl (C=O) groups excluding carboxylic acids is 3. The van der Waals surface area contributed by atoms with Gasteiger partial charge in [0.2, 0.25) is 0 Å². The van der Waals surface area contributed by atoms with E-state index < -0.39 is 0 Å². The Morgan fingerprint density at radius 1 is 0.967 bits per heavy atom. The molecule has 0 atom stereocenters. The highest BCUT2D eigenvalue weighted by Gasteiger charge is 2.41. The van der Waals surface area contributed by atoms with Crippen molar-refractivity contribution in [2.24, 2.45) is 0 Å². The minimum atomic E-state index is -0.280. The zero-order chi connectivity index (χ0) is 20.7. The summed E-state index contributed by atoms with van der Waals surface area (Å²) in [4.78, 5) is 42.9. The third kappa shape index (κ3) is 3.21. The van der Waals surface area contributed by atoms with E-state index in [1.165, 1.54) is 4.90 Å². The first kappa shape index (κ1) is 18.7. The molecule has 9 heteroatoms. The Morgan fingerprint density at radius 2 is 1.70 bits per heavy atom. The minimum absolute atomic E-state index is 0.0434. The van der Waals surface area contributed by atoms with Gasteiger partial charge >= 0.3 is 6.03 Å². The molecule has 0 radical (unpaired) electrons. The average Bonchev–Trinajstić information content (AvgIpc) is 3.37. The van der Waals surface area contributed by atoms with Crippen LogP contribution in [-0.2, 0) is 4.79 Å². The lowest BCUT2D eigenvalue weighted by Crippen LogP contribution is -2.48. The molecule has 30 heavy (non-hydrogen) atoms. The highest BCUT2D eigenvalue weighted by molar-refractivity contribution is 7.00. The van der Waals surface area contributed by atoms with Gasteiger partial charge < -0.3 is 9.80 Å². The molecule has 0 aliphatic carbocycles. The van der Waals surface area contributed by atoms with Crippen LogP contribution < -0.4 is 4.90 Å². The lowest BCUT2D eigenvalue weighted by atomic mass is 10.0. The molecule has 0 unspecified atom stereocenters. The average molecular weight is 421 g/mol. The fourth-order valence-electron chi connectivity index (χ4n) is 4.11. The molecule has 3 aromatic rings. The number of anilines is 1. The Hall–Kier alpha value is -3.33. The molecule has 0 bridgehead atoms. The minimum Gasteiger partial charge on any atom is -0.338 e. The number of para-hydroxylation sites is 1. The molecule has 0 spiro atoms. The summed E-state index contributed by atoms with van der Waals surface area (Å²) in [5, 5.41) is 0. The topological polar surface area (TPSA) is 86.7 Å². The van der Waals surface area contributed by atoms with Crippen molar-refractivity contribution in [1.82, 2.24) is 18.5 Å². The third-order valence-electron chi connectivity index (χ3n) is 5.70. The highest BCUT2D eigenvalue weighted by Crippen LogP contribution is 2.27. The van der Waals surface area contributed by atoms with Crippen molar-refractivity contribution in [2.75, 3.05) is 24.5 Å². The van der Waals surface area contributed by atoms with Crippen LogP contribution in [0.3, 0.4) is 0 Å². The van der Waals surface area contributed by atoms with Crippen LogP contribution in [0.1, 0.15) is 23.2 Å². The van der Waals surface area contributed by atoms with Crippen molar-refractivity contribution in [3.05, 3.63) is 54.1 Å². The maximum absolute atomic E-state index is 12.9. The van der Waals surface area contributed by atoms with Crippen molar-refractivity contribution in [3.8, 4) is 0 Å². The molecule has 152 valence electrons. The van der Waals surface area contributed by atoms with E-state index in [9.17, 15) is 14.4 Å². The first-order chi connectivity index (χ1) is 14.6. The quantitative estimate of drug-likeness (QED) is 0.607. The van der Waals surface area contributed by atoms with Gasteiger partial charge in [0, 0.05) is 24.7 Å². The van der Waals surface area contributed by atoms with Gasteiger partial charge in [-0.15, -0.1) is 0 Å². The number of amides is 4. The number of piperidine rings is 1. The predicted molar refractivity (Wildman–Crippen MR) is 112 cm³/mol. The van der Waals surface area contributed by atoms with Crippen LogP contribution in [0, 0.1) is 0 Å². The van der Waals surface area contributed by atoms with Crippen LogP contribution in [-0.4, -0.2) is 62.1 Å². The Kier molecular flexibility index (Phi) is 4.66. The molecule has 8 nitrogen and oxygen atoms in total. The van der Waals surface area contributed by atoms with Crippen LogP contribution in [0.15, 0.2) is 48.5 Å². The molecule has 5 rings (SSSR count). The molecular weight excluding hydrogens is 402 g/mol. The second kappa shape index (κ2) is 7.49. The summed E-state index contributed by atoms with van der Waals surface area (Å²) in [5.41, 5.74) is 2.70. The van der Waals surface area contributed by atoms with Gasteiger partial charge in [0.25, 0.3) is 11.8 Å². The van der Waals surface area contributed by atoms with Gasteiger partial charge in [-0.3, -0.25) is 9.59 Å². The van der Waals surface area contributed by atoms with E-state index >= 15 is 0 Å². The Morgan fingerprint density at radius 3 is 2.47 bits per heavy atom. The monoisotopic (exact) mass is 421 g/mol. The molecule has 4 amide bonds. The highest BCUT2D eigenvalue weighted by atomic mass is 32.1. The zero-order valence-corrected chi connectivity index (χ0v) is 16.9. The number of benzene rings is 2. The molecule has 1 aromatic heterocycles. The first-order valence-corrected chi connectivity index (χ1v) is 10.5. The summed E-state index contributed by atoms with van der Waals surface area (Å²) in [6.07, 6.45) is 1.29. The number of likely N-dealkylation sites (tertiary alicyclic amines) is 1. The van der Waals surface area contributed by atoms with Crippen LogP contribution in [0.25, 0.3) is 11.0 Å². The van der Waals surface area contributed by atoms with E-state index in [4.69, 9.17) is 0 Å². The number of rotatable bonds is 3. The molecule has 2 aliphatic rings. The van der Waals surface area contributed by atoms with Gasteiger partial charge in [0.05, 0.1) is 17.4 Å². The van der Waals surface area contributed by atoms with Crippen LogP contribution in [0.2, 0.25) is 0 Å². The van der Waals surface area contributed by atoms with E-state index in [-0.39, 0.29) is 30.4 Å². The Labute approximate surface area is 177 Å². The Bertz CT molecular complexity index is 1120. The number of nitrogens with zero attached hydrogens (tertiary/aromatic N) is 5. The molecule has 2 aliphatic heterocycles. The molecule has 0 saturated carbocycles. The lowest BCUT2D eigenvalue weighted by Gasteiger charge is -2.36. The van der Waals surface area contributed by atoms with E-state index in [0.717, 1.165) is 22.8 Å². The molecule has 0 N–H and O–H groups in total. The van der Waals surface area contributed by atoms with Gasteiger partial charge in [-0.05, 0) is 43.2 Å². The summed E-state index contributed by atoms with van der Waals surface area (Å²) in [6.45, 7) is 1.17. The van der Waals surface area contributed by atoms with E-state index in [1.54, 1.807) is 34.1 Å². The fourth-order valence-corrected chi connectivity index (χ4v) is 4.63. The number of hydrogen-bond donors (Lipinski definition) is 0. The smallest absolute Gasteiger partial charge is 0.332 e. The van der Waals surface area contributed by atoms with Crippen molar-refractivity contribution in [1.29, 1.82) is 0 Å². The van der Waals surface area contributed by atoms with Crippen molar-refractivity contribution in [3.63, 3.8) is 0 Å². The number of carbonyl (C=O) groups is 3. The molecule has 2 fully saturated rings. The number of hydrogen-bond acceptors (Lipinski definition) is 6. The van der Waals surface area contributed by atoms with Gasteiger partial charge in [0.15, 0.2) is 0 Å². The fraction of sp³-hybridized carbons (Fsp3) is 0.286. The number of imide groups is 1. The number of fused-ring (bicyclic) bond motifs is 1. The zero-order valence-electron chi connectivity index (χ0n) is 16.1. The van der Waals surface area contributed by atoms with E-state index in [0.29, 0.717) is 37.2 Å². The van der Waals surface area contributed by atoms with Gasteiger partial charge in [-0.25, -0.2) is 9.69 Å². The van der Waals surface area contributed by atoms with Gasteiger partial charge in [0.1, 0.15) is 17.6 Å². The standard InChI is InChI=1S/C21H19N5O3S/c27-19-13-25(21(29)26(19)16-4-2-1-3-5-16)15-8-10-24(11-9-15)20(28)14-6-7-17-18(12-14)23-30-22-17/h1-7,12,15H,8-11,13H2. The summed E-state index contributed by atoms with van der Waals surface area (Å²) >= 11 is 1.13. The number of urea groups is 1. The summed E-state index contributed by atoms with van der Waals surface area (Å²) in [5.74, 6) is -0.257.